The summed E-state index contributed by atoms with van der Waals surface area (Å²) in [4.78, 5) is 26.1. The number of rotatable bonds is 4. The molecule has 0 fully saturated rings. The molecule has 132 valence electrons. The predicted molar refractivity (Wildman–Crippen MR) is 99.2 cm³/mol. The van der Waals surface area contributed by atoms with Gasteiger partial charge in [0.05, 0.1) is 4.92 Å². The number of nitro groups is 1. The maximum Gasteiger partial charge on any atom is 0.270 e. The second kappa shape index (κ2) is 6.63. The number of aryl methyl sites for hydroxylation is 2. The van der Waals surface area contributed by atoms with Gasteiger partial charge < -0.3 is 10.3 Å². The zero-order valence-corrected chi connectivity index (χ0v) is 14.2. The summed E-state index contributed by atoms with van der Waals surface area (Å²) >= 11 is 0. The van der Waals surface area contributed by atoms with Gasteiger partial charge >= 0.3 is 0 Å². The van der Waals surface area contributed by atoms with E-state index in [2.05, 4.69) is 22.4 Å². The molecule has 3 aromatic rings. The minimum absolute atomic E-state index is 0.0852. The standard InChI is InChI=1S/C20H19N3O3/c24-20(14-4-3-5-15(11-14)23(25)26)21-12-13-8-9-19-17(10-13)16-6-1-2-7-18(16)22-19/h3-5,8-11,22H,1-2,6-7,12H2,(H,21,24). The van der Waals surface area contributed by atoms with Crippen molar-refractivity contribution in [2.24, 2.45) is 0 Å². The quantitative estimate of drug-likeness (QED) is 0.553. The normalized spacial score (nSPS) is 13.4. The Morgan fingerprint density at radius 3 is 2.85 bits per heavy atom. The average Bonchev–Trinajstić information content (AvgIpc) is 3.04. The highest BCUT2D eigenvalue weighted by molar-refractivity contribution is 5.94. The van der Waals surface area contributed by atoms with E-state index in [0.29, 0.717) is 12.1 Å². The van der Waals surface area contributed by atoms with E-state index in [0.717, 1.165) is 23.9 Å². The molecule has 0 atom stereocenters. The van der Waals surface area contributed by atoms with E-state index in [1.807, 2.05) is 6.07 Å². The zero-order valence-electron chi connectivity index (χ0n) is 14.2. The molecule has 26 heavy (non-hydrogen) atoms. The van der Waals surface area contributed by atoms with E-state index in [9.17, 15) is 14.9 Å². The van der Waals surface area contributed by atoms with E-state index in [1.54, 1.807) is 6.07 Å². The van der Waals surface area contributed by atoms with Crippen molar-refractivity contribution < 1.29 is 9.72 Å². The lowest BCUT2D eigenvalue weighted by atomic mass is 9.95. The number of nitrogens with zero attached hydrogens (tertiary/aromatic N) is 1. The number of aromatic amines is 1. The number of hydrogen-bond donors (Lipinski definition) is 2. The first kappa shape index (κ1) is 16.3. The number of hydrogen-bond acceptors (Lipinski definition) is 3. The smallest absolute Gasteiger partial charge is 0.270 e. The number of amides is 1. The second-order valence-corrected chi connectivity index (χ2v) is 6.66. The molecular formula is C20H19N3O3. The summed E-state index contributed by atoms with van der Waals surface area (Å²) in [6.45, 7) is 0.386. The first-order chi connectivity index (χ1) is 12.6. The van der Waals surface area contributed by atoms with E-state index in [-0.39, 0.29) is 11.6 Å². The van der Waals surface area contributed by atoms with Gasteiger partial charge in [-0.2, -0.15) is 0 Å². The number of fused-ring (bicyclic) bond motifs is 3. The molecule has 1 aliphatic carbocycles. The molecule has 1 heterocycles. The van der Waals surface area contributed by atoms with Crippen molar-refractivity contribution in [2.75, 3.05) is 0 Å². The number of non-ortho nitro benzene ring substituents is 1. The van der Waals surface area contributed by atoms with Gasteiger partial charge in [0.2, 0.25) is 0 Å². The molecule has 1 aliphatic rings. The van der Waals surface area contributed by atoms with Gasteiger partial charge in [0.15, 0.2) is 0 Å². The fourth-order valence-corrected chi connectivity index (χ4v) is 3.61. The Labute approximate surface area is 150 Å². The highest BCUT2D eigenvalue weighted by atomic mass is 16.6. The third-order valence-corrected chi connectivity index (χ3v) is 4.93. The molecule has 0 radical (unpaired) electrons. The summed E-state index contributed by atoms with van der Waals surface area (Å²) in [5, 5.41) is 14.9. The van der Waals surface area contributed by atoms with Gasteiger partial charge in [0, 0.05) is 40.8 Å². The highest BCUT2D eigenvalue weighted by Crippen LogP contribution is 2.29. The van der Waals surface area contributed by atoms with Crippen LogP contribution < -0.4 is 5.32 Å². The van der Waals surface area contributed by atoms with Gasteiger partial charge in [-0.1, -0.05) is 12.1 Å². The van der Waals surface area contributed by atoms with Crippen LogP contribution in [0.4, 0.5) is 5.69 Å². The molecule has 6 heteroatoms. The summed E-state index contributed by atoms with van der Waals surface area (Å²) in [6, 6.07) is 11.9. The molecule has 2 N–H and O–H groups in total. The van der Waals surface area contributed by atoms with Crippen LogP contribution >= 0.6 is 0 Å². The number of benzene rings is 2. The van der Waals surface area contributed by atoms with E-state index < -0.39 is 4.92 Å². The lowest BCUT2D eigenvalue weighted by Crippen LogP contribution is -2.22. The number of aromatic nitrogens is 1. The Kier molecular flexibility index (Phi) is 4.16. The van der Waals surface area contributed by atoms with Crippen molar-refractivity contribution in [1.29, 1.82) is 0 Å². The molecule has 0 aliphatic heterocycles. The van der Waals surface area contributed by atoms with Crippen LogP contribution in [0.1, 0.15) is 40.0 Å². The van der Waals surface area contributed by atoms with Crippen LogP contribution in [-0.2, 0) is 19.4 Å². The zero-order chi connectivity index (χ0) is 18.1. The van der Waals surface area contributed by atoms with Crippen LogP contribution in [-0.4, -0.2) is 15.8 Å². The van der Waals surface area contributed by atoms with Crippen molar-refractivity contribution in [3.8, 4) is 0 Å². The lowest BCUT2D eigenvalue weighted by molar-refractivity contribution is -0.384. The van der Waals surface area contributed by atoms with E-state index >= 15 is 0 Å². The summed E-state index contributed by atoms with van der Waals surface area (Å²) in [7, 11) is 0. The van der Waals surface area contributed by atoms with Crippen LogP contribution in [0, 0.1) is 10.1 Å². The maximum absolute atomic E-state index is 12.3. The van der Waals surface area contributed by atoms with Crippen molar-refractivity contribution >= 4 is 22.5 Å². The van der Waals surface area contributed by atoms with E-state index in [4.69, 9.17) is 0 Å². The van der Waals surface area contributed by atoms with Crippen LogP contribution in [0.3, 0.4) is 0 Å². The van der Waals surface area contributed by atoms with Gasteiger partial charge in [-0.25, -0.2) is 0 Å². The highest BCUT2D eigenvalue weighted by Gasteiger charge is 2.16. The molecule has 4 rings (SSSR count). The number of H-pyrrole nitrogens is 1. The average molecular weight is 349 g/mol. The van der Waals surface area contributed by atoms with Crippen LogP contribution in [0.25, 0.3) is 10.9 Å². The number of carbonyl (C=O) groups is 1. The van der Waals surface area contributed by atoms with Crippen molar-refractivity contribution in [1.82, 2.24) is 10.3 Å². The van der Waals surface area contributed by atoms with Crippen LogP contribution in [0.2, 0.25) is 0 Å². The first-order valence-corrected chi connectivity index (χ1v) is 8.77. The molecular weight excluding hydrogens is 330 g/mol. The van der Waals surface area contributed by atoms with Gasteiger partial charge in [-0.15, -0.1) is 0 Å². The number of nitrogens with one attached hydrogen (secondary N) is 2. The molecule has 0 spiro atoms. The molecule has 1 aromatic heterocycles. The Bertz CT molecular complexity index is 1010. The van der Waals surface area contributed by atoms with Crippen molar-refractivity contribution in [2.45, 2.75) is 32.2 Å². The fraction of sp³-hybridized carbons (Fsp3) is 0.250. The molecule has 0 unspecified atom stereocenters. The summed E-state index contributed by atoms with van der Waals surface area (Å²) in [5.74, 6) is -0.315. The molecule has 1 amide bonds. The monoisotopic (exact) mass is 349 g/mol. The van der Waals surface area contributed by atoms with Gasteiger partial charge in [-0.3, -0.25) is 14.9 Å². The Morgan fingerprint density at radius 1 is 1.15 bits per heavy atom. The van der Waals surface area contributed by atoms with Gasteiger partial charge in [0.25, 0.3) is 11.6 Å². The van der Waals surface area contributed by atoms with E-state index in [1.165, 1.54) is 47.7 Å². The third kappa shape index (κ3) is 3.06. The third-order valence-electron chi connectivity index (χ3n) is 4.93. The summed E-state index contributed by atoms with van der Waals surface area (Å²) in [6.07, 6.45) is 4.64. The minimum Gasteiger partial charge on any atom is -0.358 e. The Balaban J connectivity index is 1.51. The molecule has 0 saturated carbocycles. The molecule has 2 aromatic carbocycles. The Morgan fingerprint density at radius 2 is 2.00 bits per heavy atom. The topological polar surface area (TPSA) is 88.0 Å². The fourth-order valence-electron chi connectivity index (χ4n) is 3.61. The number of nitro benzene ring substituents is 1. The number of carbonyl (C=O) groups excluding carboxylic acids is 1. The predicted octanol–water partition coefficient (Wildman–Crippen LogP) is 3.88. The van der Waals surface area contributed by atoms with Crippen LogP contribution in [0.5, 0.6) is 0 Å². The molecule has 0 saturated heterocycles. The minimum atomic E-state index is -0.500. The second-order valence-electron chi connectivity index (χ2n) is 6.66. The Hall–Kier alpha value is -3.15. The van der Waals surface area contributed by atoms with Gasteiger partial charge in [-0.05, 0) is 55.0 Å². The van der Waals surface area contributed by atoms with Crippen molar-refractivity contribution in [3.05, 3.63) is 75.0 Å². The van der Waals surface area contributed by atoms with Crippen molar-refractivity contribution in [3.63, 3.8) is 0 Å². The molecule has 0 bridgehead atoms. The maximum atomic E-state index is 12.3. The summed E-state index contributed by atoms with van der Waals surface area (Å²) in [5.41, 5.74) is 5.11. The van der Waals surface area contributed by atoms with Gasteiger partial charge in [0.1, 0.15) is 0 Å². The first-order valence-electron chi connectivity index (χ1n) is 8.77. The largest absolute Gasteiger partial charge is 0.358 e. The van der Waals surface area contributed by atoms with Crippen LogP contribution in [0.15, 0.2) is 42.5 Å². The SMILES string of the molecule is O=C(NCc1ccc2[nH]c3c(c2c1)CCCC3)c1cccc([N+](=O)[O-])c1. The lowest BCUT2D eigenvalue weighted by Gasteiger charge is -2.10. The summed E-state index contributed by atoms with van der Waals surface area (Å²) < 4.78 is 0. The molecule has 6 nitrogen and oxygen atoms in total.